The number of methoxy groups -OCH3 is 1. The summed E-state index contributed by atoms with van der Waals surface area (Å²) in [6.07, 6.45) is 3.50. The van der Waals surface area contributed by atoms with Gasteiger partial charge in [0, 0.05) is 18.7 Å². The van der Waals surface area contributed by atoms with Crippen molar-refractivity contribution in [3.63, 3.8) is 0 Å². The van der Waals surface area contributed by atoms with E-state index in [1.54, 1.807) is 12.1 Å². The van der Waals surface area contributed by atoms with Gasteiger partial charge in [-0.25, -0.2) is 8.42 Å². The summed E-state index contributed by atoms with van der Waals surface area (Å²) >= 11 is 0. The lowest BCUT2D eigenvalue weighted by Gasteiger charge is -2.21. The van der Waals surface area contributed by atoms with Crippen LogP contribution in [0.2, 0.25) is 0 Å². The summed E-state index contributed by atoms with van der Waals surface area (Å²) in [6, 6.07) is 9.93. The molecule has 1 fully saturated rings. The molecule has 0 aromatic heterocycles. The van der Waals surface area contributed by atoms with Crippen LogP contribution < -0.4 is 15.6 Å². The topological polar surface area (TPSA) is 125 Å². The summed E-state index contributed by atoms with van der Waals surface area (Å²) in [4.78, 5) is 24.6. The van der Waals surface area contributed by atoms with Gasteiger partial charge in [0.2, 0.25) is 10.0 Å². The van der Waals surface area contributed by atoms with Crippen LogP contribution in [0.3, 0.4) is 0 Å². The van der Waals surface area contributed by atoms with Crippen LogP contribution in [0.15, 0.2) is 47.4 Å². The predicted molar refractivity (Wildman–Crippen MR) is 113 cm³/mol. The van der Waals surface area contributed by atoms with Crippen molar-refractivity contribution in [3.05, 3.63) is 53.6 Å². The van der Waals surface area contributed by atoms with Crippen LogP contribution in [0.1, 0.15) is 46.4 Å². The van der Waals surface area contributed by atoms with Gasteiger partial charge in [0.05, 0.1) is 12.7 Å². The second-order valence-corrected chi connectivity index (χ2v) is 9.02. The molecule has 1 heterocycles. The summed E-state index contributed by atoms with van der Waals surface area (Å²) in [7, 11) is -2.49. The van der Waals surface area contributed by atoms with Crippen molar-refractivity contribution in [2.75, 3.05) is 20.2 Å². The molecule has 0 spiro atoms. The number of carbonyl (C=O) groups is 2. The van der Waals surface area contributed by atoms with Crippen LogP contribution in [0, 0.1) is 0 Å². The van der Waals surface area contributed by atoms with Crippen molar-refractivity contribution < 1.29 is 27.9 Å². The number of phenols is 1. The smallest absolute Gasteiger partial charge is 0.273 e. The van der Waals surface area contributed by atoms with Crippen LogP contribution >= 0.6 is 0 Å². The SMILES string of the molecule is COc1ccc(C(=O)NNC(=O)c2ccccc2O)cc1S(=O)(=O)N1CCCCCC1. The fraction of sp³-hybridized carbons (Fsp3) is 0.333. The van der Waals surface area contributed by atoms with E-state index in [9.17, 15) is 23.1 Å². The first-order chi connectivity index (χ1) is 14.8. The van der Waals surface area contributed by atoms with Gasteiger partial charge in [0.25, 0.3) is 11.8 Å². The Kier molecular flexibility index (Phi) is 7.13. The largest absolute Gasteiger partial charge is 0.507 e. The molecule has 10 heteroatoms. The summed E-state index contributed by atoms with van der Waals surface area (Å²) < 4.78 is 33.0. The van der Waals surface area contributed by atoms with Gasteiger partial charge >= 0.3 is 0 Å². The number of hydrazine groups is 1. The van der Waals surface area contributed by atoms with E-state index in [0.29, 0.717) is 13.1 Å². The van der Waals surface area contributed by atoms with E-state index in [1.165, 1.54) is 41.7 Å². The first-order valence-electron chi connectivity index (χ1n) is 9.91. The van der Waals surface area contributed by atoms with Gasteiger partial charge in [-0.05, 0) is 43.2 Å². The minimum atomic E-state index is -3.86. The van der Waals surface area contributed by atoms with Crippen molar-refractivity contribution in [2.24, 2.45) is 0 Å². The third-order valence-corrected chi connectivity index (χ3v) is 6.97. The Morgan fingerprint density at radius 3 is 2.26 bits per heavy atom. The number of hydrogen-bond acceptors (Lipinski definition) is 6. The predicted octanol–water partition coefficient (Wildman–Crippen LogP) is 2.04. The fourth-order valence-electron chi connectivity index (χ4n) is 3.36. The molecule has 31 heavy (non-hydrogen) atoms. The molecule has 3 rings (SSSR count). The van der Waals surface area contributed by atoms with Gasteiger partial charge in [0.15, 0.2) is 0 Å². The molecule has 0 bridgehead atoms. The lowest BCUT2D eigenvalue weighted by Crippen LogP contribution is -2.41. The van der Waals surface area contributed by atoms with Crippen LogP contribution in [0.25, 0.3) is 0 Å². The Hall–Kier alpha value is -3.11. The Bertz CT molecular complexity index is 1060. The lowest BCUT2D eigenvalue weighted by molar-refractivity contribution is 0.0845. The molecule has 1 aliphatic heterocycles. The monoisotopic (exact) mass is 447 g/mol. The molecule has 2 amide bonds. The average Bonchev–Trinajstić information content (AvgIpc) is 3.07. The fourth-order valence-corrected chi connectivity index (χ4v) is 5.06. The molecule has 0 unspecified atom stereocenters. The minimum absolute atomic E-state index is 0.0121. The van der Waals surface area contributed by atoms with E-state index in [-0.39, 0.29) is 27.5 Å². The zero-order valence-electron chi connectivity index (χ0n) is 17.1. The molecule has 1 saturated heterocycles. The number of ether oxygens (including phenoxy) is 1. The standard InChI is InChI=1S/C21H25N3O6S/c1-30-18-11-10-15(14-19(18)31(28,29)24-12-6-2-3-7-13-24)20(26)22-23-21(27)16-8-4-5-9-17(16)25/h4-5,8-11,14,25H,2-3,6-7,12-13H2,1H3,(H,22,26)(H,23,27). The lowest BCUT2D eigenvalue weighted by atomic mass is 10.2. The van der Waals surface area contributed by atoms with Crippen molar-refractivity contribution in [2.45, 2.75) is 30.6 Å². The van der Waals surface area contributed by atoms with E-state index >= 15 is 0 Å². The highest BCUT2D eigenvalue weighted by Crippen LogP contribution is 2.29. The first kappa shape index (κ1) is 22.6. The van der Waals surface area contributed by atoms with Gasteiger partial charge in [0.1, 0.15) is 16.4 Å². The van der Waals surface area contributed by atoms with Crippen molar-refractivity contribution in [3.8, 4) is 11.5 Å². The molecule has 166 valence electrons. The van der Waals surface area contributed by atoms with Crippen LogP contribution in [0.5, 0.6) is 11.5 Å². The number of rotatable bonds is 5. The molecule has 0 aliphatic carbocycles. The number of hydrogen-bond donors (Lipinski definition) is 3. The maximum absolute atomic E-state index is 13.2. The first-order valence-corrected chi connectivity index (χ1v) is 11.4. The molecule has 9 nitrogen and oxygen atoms in total. The third-order valence-electron chi connectivity index (χ3n) is 5.05. The van der Waals surface area contributed by atoms with Gasteiger partial charge < -0.3 is 9.84 Å². The Balaban J connectivity index is 1.80. The number of nitrogens with one attached hydrogen (secondary N) is 2. The van der Waals surface area contributed by atoms with E-state index in [2.05, 4.69) is 10.9 Å². The molecule has 0 saturated carbocycles. The van der Waals surface area contributed by atoms with E-state index in [0.717, 1.165) is 25.7 Å². The molecule has 2 aromatic carbocycles. The van der Waals surface area contributed by atoms with Crippen molar-refractivity contribution >= 4 is 21.8 Å². The summed E-state index contributed by atoms with van der Waals surface area (Å²) in [5.41, 5.74) is 4.46. The van der Waals surface area contributed by atoms with Crippen molar-refractivity contribution in [1.29, 1.82) is 0 Å². The highest BCUT2D eigenvalue weighted by atomic mass is 32.2. The summed E-state index contributed by atoms with van der Waals surface area (Å²) in [5, 5.41) is 9.73. The van der Waals surface area contributed by atoms with Gasteiger partial charge in [-0.15, -0.1) is 0 Å². The highest BCUT2D eigenvalue weighted by molar-refractivity contribution is 7.89. The van der Waals surface area contributed by atoms with Crippen LogP contribution in [-0.4, -0.2) is 49.8 Å². The van der Waals surface area contributed by atoms with Crippen LogP contribution in [0.4, 0.5) is 0 Å². The molecule has 0 radical (unpaired) electrons. The summed E-state index contributed by atoms with van der Waals surface area (Å²) in [6.45, 7) is 0.830. The molecule has 3 N–H and O–H groups in total. The molecular formula is C21H25N3O6S. The number of sulfonamides is 1. The van der Waals surface area contributed by atoms with Gasteiger partial charge in [-0.2, -0.15) is 4.31 Å². The Morgan fingerprint density at radius 2 is 1.61 bits per heavy atom. The maximum Gasteiger partial charge on any atom is 0.273 e. The maximum atomic E-state index is 13.2. The number of para-hydroxylation sites is 1. The second-order valence-electron chi connectivity index (χ2n) is 7.11. The van der Waals surface area contributed by atoms with Crippen molar-refractivity contribution in [1.82, 2.24) is 15.2 Å². The number of aromatic hydroxyl groups is 1. The van der Waals surface area contributed by atoms with E-state index < -0.39 is 21.8 Å². The molecule has 0 atom stereocenters. The minimum Gasteiger partial charge on any atom is -0.507 e. The normalized spacial score (nSPS) is 15.0. The zero-order chi connectivity index (χ0) is 22.4. The quantitative estimate of drug-likeness (QED) is 0.603. The van der Waals surface area contributed by atoms with E-state index in [1.807, 2.05) is 0 Å². The van der Waals surface area contributed by atoms with Gasteiger partial charge in [-0.1, -0.05) is 25.0 Å². The molecular weight excluding hydrogens is 422 g/mol. The van der Waals surface area contributed by atoms with E-state index in [4.69, 9.17) is 4.74 Å². The summed E-state index contributed by atoms with van der Waals surface area (Å²) in [5.74, 6) is -1.51. The number of amides is 2. The number of carbonyl (C=O) groups excluding carboxylic acids is 2. The number of nitrogens with zero attached hydrogens (tertiary/aromatic N) is 1. The second kappa shape index (κ2) is 9.80. The van der Waals surface area contributed by atoms with Gasteiger partial charge in [-0.3, -0.25) is 20.4 Å². The third kappa shape index (κ3) is 5.15. The molecule has 2 aromatic rings. The Morgan fingerprint density at radius 1 is 0.968 bits per heavy atom. The average molecular weight is 448 g/mol. The molecule has 1 aliphatic rings. The number of benzene rings is 2. The Labute approximate surface area is 181 Å². The highest BCUT2D eigenvalue weighted by Gasteiger charge is 2.29. The zero-order valence-corrected chi connectivity index (χ0v) is 17.9. The number of phenolic OH excluding ortho intramolecular Hbond substituents is 1. The van der Waals surface area contributed by atoms with Crippen LogP contribution in [-0.2, 0) is 10.0 Å².